The van der Waals surface area contributed by atoms with Gasteiger partial charge in [0.1, 0.15) is 0 Å². The van der Waals surface area contributed by atoms with Crippen molar-refractivity contribution in [2.24, 2.45) is 0 Å². The summed E-state index contributed by atoms with van der Waals surface area (Å²) in [4.78, 5) is 13.6. The van der Waals surface area contributed by atoms with E-state index in [-0.39, 0.29) is 11.3 Å². The van der Waals surface area contributed by atoms with E-state index in [2.05, 4.69) is 31.2 Å². The normalized spacial score (nSPS) is 12.2. The number of halogens is 1. The average molecular weight is 268 g/mol. The first-order valence-electron chi connectivity index (χ1n) is 6.42. The van der Waals surface area contributed by atoms with Crippen molar-refractivity contribution in [1.82, 2.24) is 4.90 Å². The molecule has 0 aliphatic rings. The van der Waals surface area contributed by atoms with Crippen LogP contribution in [0.25, 0.3) is 0 Å². The summed E-state index contributed by atoms with van der Waals surface area (Å²) in [5, 5.41) is 0.123. The predicted octanol–water partition coefficient (Wildman–Crippen LogP) is 3.40. The van der Waals surface area contributed by atoms with Gasteiger partial charge in [0.25, 0.3) is 0 Å². The van der Waals surface area contributed by atoms with Crippen LogP contribution in [0, 0.1) is 6.92 Å². The van der Waals surface area contributed by atoms with Gasteiger partial charge in [-0.05, 0) is 32.3 Å². The van der Waals surface area contributed by atoms with Crippen molar-refractivity contribution >= 4 is 17.5 Å². The van der Waals surface area contributed by atoms with Gasteiger partial charge in [0.2, 0.25) is 5.91 Å². The molecule has 0 heterocycles. The topological polar surface area (TPSA) is 20.3 Å². The highest BCUT2D eigenvalue weighted by Gasteiger charge is 2.09. The summed E-state index contributed by atoms with van der Waals surface area (Å²) < 4.78 is 0. The van der Waals surface area contributed by atoms with Gasteiger partial charge >= 0.3 is 0 Å². The maximum atomic E-state index is 11.9. The number of alkyl halides is 1. The predicted molar refractivity (Wildman–Crippen MR) is 77.1 cm³/mol. The molecule has 2 nitrogen and oxygen atoms in total. The van der Waals surface area contributed by atoms with Crippen LogP contribution in [0.15, 0.2) is 24.3 Å². The molecule has 0 saturated carbocycles. The second-order valence-corrected chi connectivity index (χ2v) is 5.62. The van der Waals surface area contributed by atoms with Crippen molar-refractivity contribution < 1.29 is 4.79 Å². The molecule has 1 unspecified atom stereocenters. The van der Waals surface area contributed by atoms with Crippen molar-refractivity contribution in [2.75, 3.05) is 13.6 Å². The maximum Gasteiger partial charge on any atom is 0.222 e. The summed E-state index contributed by atoms with van der Waals surface area (Å²) >= 11 is 5.88. The van der Waals surface area contributed by atoms with E-state index in [1.165, 1.54) is 11.1 Å². The van der Waals surface area contributed by atoms with Crippen LogP contribution in [0.1, 0.15) is 30.9 Å². The number of hydrogen-bond donors (Lipinski definition) is 0. The standard InChI is InChI=1S/C15H22ClNO/c1-12-4-6-14(7-5-12)8-9-15(18)17(3)11-10-13(2)16/h4-7,13H,8-11H2,1-3H3. The van der Waals surface area contributed by atoms with Gasteiger partial charge in [-0.1, -0.05) is 29.8 Å². The van der Waals surface area contributed by atoms with E-state index in [9.17, 15) is 4.79 Å². The Morgan fingerprint density at radius 1 is 1.33 bits per heavy atom. The van der Waals surface area contributed by atoms with Gasteiger partial charge < -0.3 is 4.90 Å². The molecule has 1 rings (SSSR count). The number of aryl methyl sites for hydroxylation is 2. The first-order valence-corrected chi connectivity index (χ1v) is 6.86. The lowest BCUT2D eigenvalue weighted by Gasteiger charge is -2.17. The van der Waals surface area contributed by atoms with Gasteiger partial charge in [-0.3, -0.25) is 4.79 Å². The molecule has 0 N–H and O–H groups in total. The Labute approximate surface area is 115 Å². The number of hydrogen-bond acceptors (Lipinski definition) is 1. The number of amides is 1. The van der Waals surface area contributed by atoms with E-state index >= 15 is 0 Å². The Bertz CT molecular complexity index is 373. The molecule has 0 saturated heterocycles. The molecule has 100 valence electrons. The van der Waals surface area contributed by atoms with E-state index in [0.717, 1.165) is 19.4 Å². The molecule has 0 aromatic heterocycles. The third-order valence-electron chi connectivity index (χ3n) is 3.04. The highest BCUT2D eigenvalue weighted by Crippen LogP contribution is 2.08. The molecule has 0 fully saturated rings. The second-order valence-electron chi connectivity index (χ2n) is 4.87. The monoisotopic (exact) mass is 267 g/mol. The lowest BCUT2D eigenvalue weighted by molar-refractivity contribution is -0.129. The highest BCUT2D eigenvalue weighted by molar-refractivity contribution is 6.20. The van der Waals surface area contributed by atoms with E-state index < -0.39 is 0 Å². The lowest BCUT2D eigenvalue weighted by atomic mass is 10.1. The summed E-state index contributed by atoms with van der Waals surface area (Å²) in [5.41, 5.74) is 2.46. The fourth-order valence-corrected chi connectivity index (χ4v) is 1.79. The minimum Gasteiger partial charge on any atom is -0.346 e. The summed E-state index contributed by atoms with van der Waals surface area (Å²) in [6.45, 7) is 4.75. The summed E-state index contributed by atoms with van der Waals surface area (Å²) in [5.74, 6) is 0.188. The lowest BCUT2D eigenvalue weighted by Crippen LogP contribution is -2.28. The average Bonchev–Trinajstić information content (AvgIpc) is 2.34. The molecule has 1 atom stereocenters. The molecule has 0 aliphatic heterocycles. The van der Waals surface area contributed by atoms with Gasteiger partial charge in [-0.15, -0.1) is 11.6 Å². The maximum absolute atomic E-state index is 11.9. The Morgan fingerprint density at radius 2 is 1.94 bits per heavy atom. The zero-order valence-corrected chi connectivity index (χ0v) is 12.2. The van der Waals surface area contributed by atoms with Crippen molar-refractivity contribution in [3.63, 3.8) is 0 Å². The smallest absolute Gasteiger partial charge is 0.222 e. The van der Waals surface area contributed by atoms with Gasteiger partial charge in [0, 0.05) is 25.4 Å². The van der Waals surface area contributed by atoms with Gasteiger partial charge in [0.05, 0.1) is 0 Å². The largest absolute Gasteiger partial charge is 0.346 e. The summed E-state index contributed by atoms with van der Waals surface area (Å²) in [7, 11) is 1.84. The van der Waals surface area contributed by atoms with E-state index in [0.29, 0.717) is 6.42 Å². The van der Waals surface area contributed by atoms with Crippen LogP contribution < -0.4 is 0 Å². The Kier molecular flexibility index (Phi) is 6.20. The Morgan fingerprint density at radius 3 is 2.50 bits per heavy atom. The second kappa shape index (κ2) is 7.42. The van der Waals surface area contributed by atoms with Crippen molar-refractivity contribution in [3.8, 4) is 0 Å². The van der Waals surface area contributed by atoms with Crippen LogP contribution in [0.4, 0.5) is 0 Å². The third-order valence-corrected chi connectivity index (χ3v) is 3.25. The fraction of sp³-hybridized carbons (Fsp3) is 0.533. The number of rotatable bonds is 6. The number of carbonyl (C=O) groups excluding carboxylic acids is 1. The van der Waals surface area contributed by atoms with Gasteiger partial charge in [0.15, 0.2) is 0 Å². The molecular weight excluding hydrogens is 246 g/mol. The van der Waals surface area contributed by atoms with Gasteiger partial charge in [-0.25, -0.2) is 0 Å². The molecule has 1 aromatic carbocycles. The Hall–Kier alpha value is -1.02. The number of carbonyl (C=O) groups is 1. The van der Waals surface area contributed by atoms with Crippen LogP contribution in [-0.2, 0) is 11.2 Å². The summed E-state index contributed by atoms with van der Waals surface area (Å²) in [6, 6.07) is 8.34. The van der Waals surface area contributed by atoms with E-state index in [1.807, 2.05) is 14.0 Å². The van der Waals surface area contributed by atoms with Crippen molar-refractivity contribution in [2.45, 2.75) is 38.5 Å². The molecule has 0 spiro atoms. The zero-order valence-electron chi connectivity index (χ0n) is 11.4. The molecule has 0 aliphatic carbocycles. The van der Waals surface area contributed by atoms with E-state index in [4.69, 9.17) is 11.6 Å². The minimum atomic E-state index is 0.123. The van der Waals surface area contributed by atoms with Crippen molar-refractivity contribution in [3.05, 3.63) is 35.4 Å². The quantitative estimate of drug-likeness (QED) is 0.724. The first-order chi connectivity index (χ1) is 8.49. The first kappa shape index (κ1) is 15.0. The van der Waals surface area contributed by atoms with Crippen LogP contribution in [0.3, 0.4) is 0 Å². The SMILES string of the molecule is Cc1ccc(CCC(=O)N(C)CCC(C)Cl)cc1. The molecule has 18 heavy (non-hydrogen) atoms. The van der Waals surface area contributed by atoms with Gasteiger partial charge in [-0.2, -0.15) is 0 Å². The van der Waals surface area contributed by atoms with Crippen LogP contribution >= 0.6 is 11.6 Å². The molecule has 0 bridgehead atoms. The van der Waals surface area contributed by atoms with Crippen LogP contribution in [0.5, 0.6) is 0 Å². The number of nitrogens with zero attached hydrogens (tertiary/aromatic N) is 1. The molecule has 1 amide bonds. The molecule has 0 radical (unpaired) electrons. The summed E-state index contributed by atoms with van der Waals surface area (Å²) in [6.07, 6.45) is 2.21. The van der Waals surface area contributed by atoms with Crippen molar-refractivity contribution in [1.29, 1.82) is 0 Å². The third kappa shape index (κ3) is 5.54. The van der Waals surface area contributed by atoms with Crippen LogP contribution in [0.2, 0.25) is 0 Å². The molecular formula is C15H22ClNO. The fourth-order valence-electron chi connectivity index (χ4n) is 1.69. The van der Waals surface area contributed by atoms with Crippen LogP contribution in [-0.4, -0.2) is 29.8 Å². The van der Waals surface area contributed by atoms with E-state index in [1.54, 1.807) is 4.90 Å². The molecule has 3 heteroatoms. The molecule has 1 aromatic rings. The highest BCUT2D eigenvalue weighted by atomic mass is 35.5. The Balaban J connectivity index is 2.34. The minimum absolute atomic E-state index is 0.123. The number of benzene rings is 1. The zero-order chi connectivity index (χ0) is 13.5.